The topological polar surface area (TPSA) is 50.7 Å². The minimum Gasteiger partial charge on any atom is -0.497 e. The SMILES string of the molecule is COc1ccc(OCCCC(C)(CO)NC2CC2)cc1. The molecule has 0 aromatic heterocycles. The first-order valence-corrected chi connectivity index (χ1v) is 7.31. The largest absolute Gasteiger partial charge is 0.497 e. The molecule has 0 bridgehead atoms. The molecule has 1 aromatic rings. The van der Waals surface area contributed by atoms with Crippen LogP contribution in [0.4, 0.5) is 0 Å². The molecule has 1 aliphatic carbocycles. The van der Waals surface area contributed by atoms with Crippen LogP contribution >= 0.6 is 0 Å². The molecule has 1 unspecified atom stereocenters. The van der Waals surface area contributed by atoms with Crippen LogP contribution in [-0.2, 0) is 0 Å². The van der Waals surface area contributed by atoms with Crippen LogP contribution in [0.15, 0.2) is 24.3 Å². The van der Waals surface area contributed by atoms with E-state index in [-0.39, 0.29) is 12.1 Å². The van der Waals surface area contributed by atoms with Crippen molar-refractivity contribution in [1.82, 2.24) is 5.32 Å². The van der Waals surface area contributed by atoms with E-state index in [1.807, 2.05) is 24.3 Å². The van der Waals surface area contributed by atoms with Crippen LogP contribution in [0.3, 0.4) is 0 Å². The fraction of sp³-hybridized carbons (Fsp3) is 0.625. The zero-order valence-electron chi connectivity index (χ0n) is 12.4. The van der Waals surface area contributed by atoms with Gasteiger partial charge in [-0.05, 0) is 56.9 Å². The maximum absolute atomic E-state index is 9.52. The van der Waals surface area contributed by atoms with Crippen molar-refractivity contribution in [3.05, 3.63) is 24.3 Å². The minimum absolute atomic E-state index is 0.173. The third-order valence-electron chi connectivity index (χ3n) is 3.68. The van der Waals surface area contributed by atoms with E-state index in [0.29, 0.717) is 12.6 Å². The van der Waals surface area contributed by atoms with Crippen LogP contribution < -0.4 is 14.8 Å². The molecular formula is C16H25NO3. The summed E-state index contributed by atoms with van der Waals surface area (Å²) in [6.45, 7) is 2.92. The highest BCUT2D eigenvalue weighted by Crippen LogP contribution is 2.24. The highest BCUT2D eigenvalue weighted by molar-refractivity contribution is 5.31. The van der Waals surface area contributed by atoms with Crippen molar-refractivity contribution in [3.63, 3.8) is 0 Å². The van der Waals surface area contributed by atoms with Crippen LogP contribution in [0.5, 0.6) is 11.5 Å². The van der Waals surface area contributed by atoms with E-state index in [9.17, 15) is 5.11 Å². The van der Waals surface area contributed by atoms with Gasteiger partial charge in [0.05, 0.1) is 20.3 Å². The van der Waals surface area contributed by atoms with Gasteiger partial charge in [0.15, 0.2) is 0 Å². The Morgan fingerprint density at radius 3 is 2.45 bits per heavy atom. The van der Waals surface area contributed by atoms with Crippen molar-refractivity contribution in [2.45, 2.75) is 44.2 Å². The lowest BCUT2D eigenvalue weighted by molar-refractivity contribution is 0.154. The minimum atomic E-state index is -0.176. The molecule has 0 radical (unpaired) electrons. The van der Waals surface area contributed by atoms with Crippen molar-refractivity contribution >= 4 is 0 Å². The Bertz CT molecular complexity index is 403. The van der Waals surface area contributed by atoms with Crippen molar-refractivity contribution in [1.29, 1.82) is 0 Å². The zero-order chi connectivity index (χ0) is 14.4. The van der Waals surface area contributed by atoms with Crippen molar-refractivity contribution in [2.75, 3.05) is 20.3 Å². The standard InChI is InChI=1S/C16H25NO3/c1-16(12-18,17-13-4-5-13)10-3-11-20-15-8-6-14(19-2)7-9-15/h6-9,13,17-18H,3-5,10-12H2,1-2H3. The van der Waals surface area contributed by atoms with E-state index in [1.165, 1.54) is 12.8 Å². The molecule has 112 valence electrons. The number of aliphatic hydroxyl groups is 1. The first-order chi connectivity index (χ1) is 9.65. The van der Waals surface area contributed by atoms with Crippen LogP contribution in [0, 0.1) is 0 Å². The lowest BCUT2D eigenvalue weighted by Gasteiger charge is -2.29. The molecule has 1 fully saturated rings. The summed E-state index contributed by atoms with van der Waals surface area (Å²) < 4.78 is 10.8. The van der Waals surface area contributed by atoms with Crippen LogP contribution in [0.2, 0.25) is 0 Å². The summed E-state index contributed by atoms with van der Waals surface area (Å²) in [4.78, 5) is 0. The number of hydrogen-bond donors (Lipinski definition) is 2. The highest BCUT2D eigenvalue weighted by Gasteiger charge is 2.31. The van der Waals surface area contributed by atoms with Gasteiger partial charge in [0.2, 0.25) is 0 Å². The normalized spacial score (nSPS) is 17.6. The van der Waals surface area contributed by atoms with Crippen molar-refractivity contribution < 1.29 is 14.6 Å². The third-order valence-corrected chi connectivity index (χ3v) is 3.68. The van der Waals surface area contributed by atoms with Gasteiger partial charge in [0, 0.05) is 11.6 Å². The first kappa shape index (κ1) is 15.1. The predicted molar refractivity (Wildman–Crippen MR) is 79.4 cm³/mol. The van der Waals surface area contributed by atoms with Gasteiger partial charge < -0.3 is 19.9 Å². The Balaban J connectivity index is 1.68. The van der Waals surface area contributed by atoms with Gasteiger partial charge in [-0.25, -0.2) is 0 Å². The predicted octanol–water partition coefficient (Wildman–Crippen LogP) is 2.36. The van der Waals surface area contributed by atoms with E-state index >= 15 is 0 Å². The average molecular weight is 279 g/mol. The Kier molecular flexibility index (Phi) is 5.26. The van der Waals surface area contributed by atoms with Gasteiger partial charge in [0.25, 0.3) is 0 Å². The molecule has 1 aliphatic rings. The zero-order valence-corrected chi connectivity index (χ0v) is 12.4. The molecule has 0 heterocycles. The maximum Gasteiger partial charge on any atom is 0.119 e. The van der Waals surface area contributed by atoms with E-state index in [4.69, 9.17) is 9.47 Å². The Labute approximate surface area is 121 Å². The van der Waals surface area contributed by atoms with Gasteiger partial charge in [-0.2, -0.15) is 0 Å². The number of benzene rings is 1. The van der Waals surface area contributed by atoms with E-state index in [0.717, 1.165) is 24.3 Å². The Hall–Kier alpha value is -1.26. The summed E-state index contributed by atoms with van der Waals surface area (Å²) >= 11 is 0. The molecule has 1 atom stereocenters. The summed E-state index contributed by atoms with van der Waals surface area (Å²) in [5.41, 5.74) is -0.176. The molecule has 0 amide bonds. The van der Waals surface area contributed by atoms with Crippen molar-refractivity contribution in [3.8, 4) is 11.5 Å². The number of methoxy groups -OCH3 is 1. The number of hydrogen-bond acceptors (Lipinski definition) is 4. The first-order valence-electron chi connectivity index (χ1n) is 7.31. The molecule has 0 saturated heterocycles. The summed E-state index contributed by atoms with van der Waals surface area (Å²) in [6, 6.07) is 8.21. The van der Waals surface area contributed by atoms with Crippen LogP contribution in [-0.4, -0.2) is 37.0 Å². The molecule has 20 heavy (non-hydrogen) atoms. The Morgan fingerprint density at radius 2 is 1.90 bits per heavy atom. The van der Waals surface area contributed by atoms with Gasteiger partial charge in [-0.15, -0.1) is 0 Å². The van der Waals surface area contributed by atoms with E-state index < -0.39 is 0 Å². The summed E-state index contributed by atoms with van der Waals surface area (Å²) in [5.74, 6) is 1.69. The number of nitrogens with one attached hydrogen (secondary N) is 1. The van der Waals surface area contributed by atoms with E-state index in [1.54, 1.807) is 7.11 Å². The van der Waals surface area contributed by atoms with Crippen LogP contribution in [0.25, 0.3) is 0 Å². The number of aliphatic hydroxyl groups excluding tert-OH is 1. The van der Waals surface area contributed by atoms with Crippen molar-refractivity contribution in [2.24, 2.45) is 0 Å². The molecule has 0 aliphatic heterocycles. The molecule has 1 aromatic carbocycles. The number of ether oxygens (including phenoxy) is 2. The lowest BCUT2D eigenvalue weighted by atomic mass is 9.97. The summed E-state index contributed by atoms with van der Waals surface area (Å²) in [7, 11) is 1.65. The summed E-state index contributed by atoms with van der Waals surface area (Å²) in [6.07, 6.45) is 4.30. The second kappa shape index (κ2) is 6.95. The highest BCUT2D eigenvalue weighted by atomic mass is 16.5. The fourth-order valence-corrected chi connectivity index (χ4v) is 2.24. The molecule has 4 heteroatoms. The molecule has 1 saturated carbocycles. The molecule has 0 spiro atoms. The molecule has 4 nitrogen and oxygen atoms in total. The monoisotopic (exact) mass is 279 g/mol. The van der Waals surface area contributed by atoms with Crippen LogP contribution in [0.1, 0.15) is 32.6 Å². The van der Waals surface area contributed by atoms with E-state index in [2.05, 4.69) is 12.2 Å². The van der Waals surface area contributed by atoms with Gasteiger partial charge in [-0.3, -0.25) is 0 Å². The quantitative estimate of drug-likeness (QED) is 0.681. The lowest BCUT2D eigenvalue weighted by Crippen LogP contribution is -2.47. The van der Waals surface area contributed by atoms with Gasteiger partial charge in [0.1, 0.15) is 11.5 Å². The smallest absolute Gasteiger partial charge is 0.119 e. The molecule has 2 N–H and O–H groups in total. The second-order valence-corrected chi connectivity index (χ2v) is 5.76. The second-order valence-electron chi connectivity index (χ2n) is 5.76. The maximum atomic E-state index is 9.52. The molecular weight excluding hydrogens is 254 g/mol. The fourth-order valence-electron chi connectivity index (χ4n) is 2.24. The average Bonchev–Trinajstić information content (AvgIpc) is 3.28. The Morgan fingerprint density at radius 1 is 1.25 bits per heavy atom. The summed E-state index contributed by atoms with van der Waals surface area (Å²) in [5, 5.41) is 13.0. The molecule has 2 rings (SSSR count). The van der Waals surface area contributed by atoms with Gasteiger partial charge >= 0.3 is 0 Å². The third kappa shape index (κ3) is 4.69. The number of rotatable bonds is 9. The van der Waals surface area contributed by atoms with Gasteiger partial charge in [-0.1, -0.05) is 0 Å².